The van der Waals surface area contributed by atoms with E-state index in [0.29, 0.717) is 5.56 Å². The largest absolute Gasteiger partial charge is 0.465 e. The van der Waals surface area contributed by atoms with Crippen molar-refractivity contribution in [2.75, 3.05) is 21.1 Å². The number of halogens is 1. The second-order valence-electron chi connectivity index (χ2n) is 11.2. The predicted molar refractivity (Wildman–Crippen MR) is 164 cm³/mol. The number of carbonyl (C=O) groups is 4. The second kappa shape index (κ2) is 14.4. The molecule has 0 radical (unpaired) electrons. The highest BCUT2D eigenvalue weighted by atomic mass is 19.1. The molecular formula is C33H39FN4O5. The number of fused-ring (bicyclic) bond motifs is 1. The number of carbonyl (C=O) groups excluding carboxylic acids is 3. The highest BCUT2D eigenvalue weighted by Crippen LogP contribution is 2.20. The standard InChI is InChI=1S/C33H39FN4O5/c1-33(2,36-32(42)43)18-8-11-29(39)37(4)28(21-23-12-15-24-9-6-7-10-25(24)19-23)31(41)38(5)27(30(40)35-3)20-22-13-16-26(34)17-14-22/h6-17,19,27-28,36H,18,20-21H2,1-5H3,(H,35,40)(H,42,43)/b11-8+/t27-,28-/m1/s1. The van der Waals surface area contributed by atoms with Crippen LogP contribution in [-0.2, 0) is 27.2 Å². The molecule has 43 heavy (non-hydrogen) atoms. The summed E-state index contributed by atoms with van der Waals surface area (Å²) >= 11 is 0. The lowest BCUT2D eigenvalue weighted by Gasteiger charge is -2.34. The van der Waals surface area contributed by atoms with Crippen LogP contribution in [0.4, 0.5) is 9.18 Å². The molecule has 0 saturated carbocycles. The Labute approximate surface area is 251 Å². The number of likely N-dealkylation sites (N-methyl/N-ethyl adjacent to an activating group) is 3. The van der Waals surface area contributed by atoms with Crippen LogP contribution in [0, 0.1) is 5.82 Å². The molecule has 9 nitrogen and oxygen atoms in total. The number of rotatable bonds is 12. The average molecular weight is 591 g/mol. The Kier molecular flexibility index (Phi) is 11.0. The van der Waals surface area contributed by atoms with Gasteiger partial charge in [0.15, 0.2) is 0 Å². The SMILES string of the molecule is CNC(=O)[C@@H](Cc1ccc(F)cc1)N(C)C(=O)[C@@H](Cc1ccc2ccccc2c1)N(C)C(=O)/C=C/CC(C)(C)NC(=O)O. The molecule has 4 amide bonds. The number of nitrogens with zero attached hydrogens (tertiary/aromatic N) is 2. The van der Waals surface area contributed by atoms with Crippen molar-refractivity contribution in [3.8, 4) is 0 Å². The van der Waals surface area contributed by atoms with Crippen LogP contribution in [0.5, 0.6) is 0 Å². The van der Waals surface area contributed by atoms with Crippen LogP contribution in [0.25, 0.3) is 10.8 Å². The summed E-state index contributed by atoms with van der Waals surface area (Å²) in [6.07, 6.45) is 2.30. The van der Waals surface area contributed by atoms with Crippen molar-refractivity contribution in [1.82, 2.24) is 20.4 Å². The summed E-state index contributed by atoms with van der Waals surface area (Å²) in [4.78, 5) is 54.1. The van der Waals surface area contributed by atoms with Crippen LogP contribution >= 0.6 is 0 Å². The summed E-state index contributed by atoms with van der Waals surface area (Å²) < 4.78 is 13.5. The van der Waals surface area contributed by atoms with E-state index >= 15 is 0 Å². The Morgan fingerprint density at radius 3 is 2.12 bits per heavy atom. The molecule has 0 aliphatic rings. The van der Waals surface area contributed by atoms with Crippen molar-refractivity contribution in [2.24, 2.45) is 0 Å². The molecule has 0 fully saturated rings. The zero-order chi connectivity index (χ0) is 31.7. The minimum atomic E-state index is -1.17. The van der Waals surface area contributed by atoms with Crippen LogP contribution in [0.15, 0.2) is 78.9 Å². The van der Waals surface area contributed by atoms with Gasteiger partial charge < -0.3 is 25.5 Å². The number of nitrogens with one attached hydrogen (secondary N) is 2. The van der Waals surface area contributed by atoms with Crippen LogP contribution < -0.4 is 10.6 Å². The van der Waals surface area contributed by atoms with Crippen LogP contribution in [0.3, 0.4) is 0 Å². The maximum absolute atomic E-state index is 14.1. The first-order chi connectivity index (χ1) is 20.3. The lowest BCUT2D eigenvalue weighted by atomic mass is 9.98. The first-order valence-electron chi connectivity index (χ1n) is 14.0. The van der Waals surface area contributed by atoms with Crippen molar-refractivity contribution in [1.29, 1.82) is 0 Å². The highest BCUT2D eigenvalue weighted by molar-refractivity contribution is 5.95. The monoisotopic (exact) mass is 590 g/mol. The number of benzene rings is 3. The molecule has 0 saturated heterocycles. The molecule has 2 atom stereocenters. The minimum Gasteiger partial charge on any atom is -0.465 e. The van der Waals surface area contributed by atoms with Gasteiger partial charge in [0, 0.05) is 39.5 Å². The van der Waals surface area contributed by atoms with Gasteiger partial charge in [0.2, 0.25) is 17.7 Å². The third-order valence-electron chi connectivity index (χ3n) is 7.38. The molecule has 0 aliphatic heterocycles. The number of hydrogen-bond acceptors (Lipinski definition) is 4. The lowest BCUT2D eigenvalue weighted by Crippen LogP contribution is -2.55. The van der Waals surface area contributed by atoms with Gasteiger partial charge in [0.05, 0.1) is 0 Å². The quantitative estimate of drug-likeness (QED) is 0.274. The van der Waals surface area contributed by atoms with E-state index in [0.717, 1.165) is 16.3 Å². The molecule has 0 heterocycles. The molecule has 3 aromatic carbocycles. The fourth-order valence-corrected chi connectivity index (χ4v) is 4.85. The van der Waals surface area contributed by atoms with Crippen molar-refractivity contribution in [3.05, 3.63) is 95.8 Å². The maximum Gasteiger partial charge on any atom is 0.405 e. The van der Waals surface area contributed by atoms with Crippen molar-refractivity contribution in [3.63, 3.8) is 0 Å². The smallest absolute Gasteiger partial charge is 0.405 e. The normalized spacial score (nSPS) is 12.9. The molecular weight excluding hydrogens is 551 g/mol. The lowest BCUT2D eigenvalue weighted by molar-refractivity contribution is -0.146. The van der Waals surface area contributed by atoms with E-state index in [1.807, 2.05) is 42.5 Å². The Balaban J connectivity index is 1.92. The Bertz CT molecular complexity index is 1490. The highest BCUT2D eigenvalue weighted by Gasteiger charge is 2.34. The van der Waals surface area contributed by atoms with Gasteiger partial charge in [-0.15, -0.1) is 0 Å². The van der Waals surface area contributed by atoms with E-state index in [4.69, 9.17) is 5.11 Å². The third kappa shape index (κ3) is 9.13. The number of hydrogen-bond donors (Lipinski definition) is 3. The zero-order valence-corrected chi connectivity index (χ0v) is 25.1. The minimum absolute atomic E-state index is 0.147. The van der Waals surface area contributed by atoms with Gasteiger partial charge in [0.1, 0.15) is 17.9 Å². The van der Waals surface area contributed by atoms with Gasteiger partial charge in [-0.3, -0.25) is 14.4 Å². The van der Waals surface area contributed by atoms with Crippen LogP contribution in [0.1, 0.15) is 31.4 Å². The van der Waals surface area contributed by atoms with Gasteiger partial charge in [0.25, 0.3) is 0 Å². The predicted octanol–water partition coefficient (Wildman–Crippen LogP) is 4.16. The summed E-state index contributed by atoms with van der Waals surface area (Å²) in [7, 11) is 4.53. The van der Waals surface area contributed by atoms with Gasteiger partial charge in [-0.25, -0.2) is 9.18 Å². The van der Waals surface area contributed by atoms with E-state index in [9.17, 15) is 23.6 Å². The molecule has 0 unspecified atom stereocenters. The zero-order valence-electron chi connectivity index (χ0n) is 25.1. The Morgan fingerprint density at radius 2 is 1.49 bits per heavy atom. The van der Waals surface area contributed by atoms with Gasteiger partial charge >= 0.3 is 6.09 Å². The van der Waals surface area contributed by atoms with Crippen molar-refractivity contribution < 1.29 is 28.7 Å². The summed E-state index contributed by atoms with van der Waals surface area (Å²) in [5.41, 5.74) is 0.699. The summed E-state index contributed by atoms with van der Waals surface area (Å²) in [6, 6.07) is 17.5. The van der Waals surface area contributed by atoms with E-state index in [-0.39, 0.29) is 19.3 Å². The van der Waals surface area contributed by atoms with Crippen molar-refractivity contribution in [2.45, 2.75) is 50.7 Å². The summed E-state index contributed by atoms with van der Waals surface area (Å²) in [5, 5.41) is 16.1. The molecule has 3 N–H and O–H groups in total. The topological polar surface area (TPSA) is 119 Å². The van der Waals surface area contributed by atoms with E-state index in [1.54, 1.807) is 32.1 Å². The molecule has 0 aliphatic carbocycles. The first-order valence-corrected chi connectivity index (χ1v) is 14.0. The average Bonchev–Trinajstić information content (AvgIpc) is 2.97. The summed E-state index contributed by atoms with van der Waals surface area (Å²) in [6.45, 7) is 3.39. The van der Waals surface area contributed by atoms with Gasteiger partial charge in [-0.2, -0.15) is 0 Å². The second-order valence-corrected chi connectivity index (χ2v) is 11.2. The molecule has 228 valence electrons. The Morgan fingerprint density at radius 1 is 0.884 bits per heavy atom. The molecule has 3 rings (SSSR count). The third-order valence-corrected chi connectivity index (χ3v) is 7.38. The summed E-state index contributed by atoms with van der Waals surface area (Å²) in [5.74, 6) is -1.70. The maximum atomic E-state index is 14.1. The molecule has 10 heteroatoms. The van der Waals surface area contributed by atoms with E-state index in [1.165, 1.54) is 49.2 Å². The number of amides is 4. The van der Waals surface area contributed by atoms with Crippen LogP contribution in [-0.4, -0.2) is 77.5 Å². The van der Waals surface area contributed by atoms with Crippen LogP contribution in [0.2, 0.25) is 0 Å². The van der Waals surface area contributed by atoms with Gasteiger partial charge in [-0.1, -0.05) is 60.7 Å². The molecule has 3 aromatic rings. The van der Waals surface area contributed by atoms with E-state index < -0.39 is 47.3 Å². The molecule has 0 bridgehead atoms. The van der Waals surface area contributed by atoms with E-state index in [2.05, 4.69) is 10.6 Å². The fourth-order valence-electron chi connectivity index (χ4n) is 4.85. The first kappa shape index (κ1) is 32.8. The number of carboxylic acid groups (broad SMARTS) is 1. The van der Waals surface area contributed by atoms with Gasteiger partial charge in [-0.05, 0) is 60.4 Å². The van der Waals surface area contributed by atoms with Crippen molar-refractivity contribution >= 4 is 34.6 Å². The fraction of sp³-hybridized carbons (Fsp3) is 0.333. The molecule has 0 spiro atoms. The Hall–Kier alpha value is -4.73. The molecule has 0 aromatic heterocycles.